The van der Waals surface area contributed by atoms with Gasteiger partial charge in [-0.2, -0.15) is 0 Å². The van der Waals surface area contributed by atoms with Crippen molar-refractivity contribution >= 4 is 0 Å². The molecule has 1 saturated heterocycles. The van der Waals surface area contributed by atoms with E-state index in [9.17, 15) is 4.39 Å². The highest BCUT2D eigenvalue weighted by atomic mass is 19.1. The van der Waals surface area contributed by atoms with Crippen molar-refractivity contribution in [3.63, 3.8) is 0 Å². The van der Waals surface area contributed by atoms with Crippen LogP contribution in [0, 0.1) is 5.82 Å². The molecule has 2 nitrogen and oxygen atoms in total. The van der Waals surface area contributed by atoms with Crippen molar-refractivity contribution in [3.05, 3.63) is 35.6 Å². The monoisotopic (exact) mass is 208 g/mol. The molecule has 0 unspecified atom stereocenters. The Kier molecular flexibility index (Phi) is 3.34. The summed E-state index contributed by atoms with van der Waals surface area (Å²) in [4.78, 5) is 0. The van der Waals surface area contributed by atoms with Crippen LogP contribution in [0.5, 0.6) is 0 Å². The normalized spacial score (nSPS) is 26.5. The summed E-state index contributed by atoms with van der Waals surface area (Å²) in [7, 11) is 0. The van der Waals surface area contributed by atoms with Crippen molar-refractivity contribution in [1.29, 1.82) is 0 Å². The quantitative estimate of drug-likeness (QED) is 0.775. The Morgan fingerprint density at radius 3 is 2.53 bits per heavy atom. The summed E-state index contributed by atoms with van der Waals surface area (Å²) in [6, 6.07) is 7.54. The van der Waals surface area contributed by atoms with Gasteiger partial charge in [0.25, 0.3) is 0 Å². The number of benzene rings is 1. The van der Waals surface area contributed by atoms with Crippen LogP contribution in [0.4, 0.5) is 4.39 Å². The molecule has 2 N–H and O–H groups in total. The van der Waals surface area contributed by atoms with E-state index in [2.05, 4.69) is 17.6 Å². The fourth-order valence-electron chi connectivity index (χ4n) is 2.15. The molecule has 1 aliphatic rings. The van der Waals surface area contributed by atoms with Gasteiger partial charge in [0.2, 0.25) is 0 Å². The van der Waals surface area contributed by atoms with Crippen LogP contribution < -0.4 is 10.6 Å². The molecule has 1 aromatic rings. The molecule has 82 valence electrons. The predicted octanol–water partition coefficient (Wildman–Crippen LogP) is 1.84. The second-order valence-corrected chi connectivity index (χ2v) is 3.95. The van der Waals surface area contributed by atoms with Gasteiger partial charge in [-0.1, -0.05) is 19.1 Å². The zero-order chi connectivity index (χ0) is 10.7. The Hall–Kier alpha value is -0.930. The van der Waals surface area contributed by atoms with Gasteiger partial charge < -0.3 is 10.6 Å². The van der Waals surface area contributed by atoms with E-state index >= 15 is 0 Å². The van der Waals surface area contributed by atoms with E-state index in [1.54, 1.807) is 0 Å². The van der Waals surface area contributed by atoms with Crippen molar-refractivity contribution in [2.75, 3.05) is 13.1 Å². The molecule has 2 rings (SSSR count). The molecule has 15 heavy (non-hydrogen) atoms. The van der Waals surface area contributed by atoms with Crippen molar-refractivity contribution < 1.29 is 4.39 Å². The molecule has 0 bridgehead atoms. The minimum atomic E-state index is -0.171. The van der Waals surface area contributed by atoms with Gasteiger partial charge in [-0.05, 0) is 24.1 Å². The first-order valence-corrected chi connectivity index (χ1v) is 5.53. The molecule has 0 spiro atoms. The summed E-state index contributed by atoms with van der Waals surface area (Å²) in [5, 5.41) is 6.95. The van der Waals surface area contributed by atoms with Gasteiger partial charge in [0, 0.05) is 25.2 Å². The lowest BCUT2D eigenvalue weighted by Crippen LogP contribution is -2.50. The van der Waals surface area contributed by atoms with Crippen molar-refractivity contribution in [2.45, 2.75) is 25.4 Å². The zero-order valence-corrected chi connectivity index (χ0v) is 8.96. The fraction of sp³-hybridized carbons (Fsp3) is 0.500. The summed E-state index contributed by atoms with van der Waals surface area (Å²) in [6.07, 6.45) is 1.08. The average molecular weight is 208 g/mol. The molecule has 1 aliphatic heterocycles. The largest absolute Gasteiger partial charge is 0.311 e. The lowest BCUT2D eigenvalue weighted by molar-refractivity contribution is 0.319. The maximum Gasteiger partial charge on any atom is 0.123 e. The molecule has 2 atom stereocenters. The van der Waals surface area contributed by atoms with Crippen molar-refractivity contribution in [1.82, 2.24) is 10.6 Å². The highest BCUT2D eigenvalue weighted by Gasteiger charge is 2.23. The average Bonchev–Trinajstić information content (AvgIpc) is 2.30. The van der Waals surface area contributed by atoms with Crippen LogP contribution in [0.25, 0.3) is 0 Å². The summed E-state index contributed by atoms with van der Waals surface area (Å²) >= 11 is 0. The van der Waals surface area contributed by atoms with E-state index in [-0.39, 0.29) is 5.82 Å². The summed E-state index contributed by atoms with van der Waals surface area (Å²) < 4.78 is 12.8. The standard InChI is InChI=1S/C12H17FN2/c1-2-11-12(15-8-7-14-11)9-3-5-10(13)6-4-9/h3-6,11-12,14-15H,2,7-8H2,1H3/t11-,12-/m0/s1. The van der Waals surface area contributed by atoms with Crippen LogP contribution in [0.2, 0.25) is 0 Å². The van der Waals surface area contributed by atoms with Crippen LogP contribution in [0.1, 0.15) is 24.9 Å². The van der Waals surface area contributed by atoms with Crippen LogP contribution in [0.3, 0.4) is 0 Å². The third-order valence-electron chi connectivity index (χ3n) is 2.97. The van der Waals surface area contributed by atoms with E-state index in [0.717, 1.165) is 25.1 Å². The Bertz CT molecular complexity index is 310. The predicted molar refractivity (Wildman–Crippen MR) is 59.2 cm³/mol. The molecule has 0 aromatic heterocycles. The highest BCUT2D eigenvalue weighted by Crippen LogP contribution is 2.20. The van der Waals surface area contributed by atoms with Crippen LogP contribution >= 0.6 is 0 Å². The first-order chi connectivity index (χ1) is 7.31. The van der Waals surface area contributed by atoms with Gasteiger partial charge >= 0.3 is 0 Å². The van der Waals surface area contributed by atoms with Gasteiger partial charge in [0.15, 0.2) is 0 Å². The number of halogens is 1. The maximum atomic E-state index is 12.8. The SMILES string of the molecule is CC[C@@H]1NCCN[C@H]1c1ccc(F)cc1. The van der Waals surface area contributed by atoms with Crippen LogP contribution in [0.15, 0.2) is 24.3 Å². The Balaban J connectivity index is 2.16. The Morgan fingerprint density at radius 1 is 1.20 bits per heavy atom. The lowest BCUT2D eigenvalue weighted by atomic mass is 9.95. The lowest BCUT2D eigenvalue weighted by Gasteiger charge is -2.33. The molecule has 1 heterocycles. The van der Waals surface area contributed by atoms with E-state index in [1.165, 1.54) is 12.1 Å². The third kappa shape index (κ3) is 2.36. The van der Waals surface area contributed by atoms with E-state index in [4.69, 9.17) is 0 Å². The first kappa shape index (κ1) is 10.6. The Morgan fingerprint density at radius 2 is 1.87 bits per heavy atom. The van der Waals surface area contributed by atoms with Crippen molar-refractivity contribution in [2.24, 2.45) is 0 Å². The van der Waals surface area contributed by atoms with E-state index in [1.807, 2.05) is 12.1 Å². The molecule has 1 fully saturated rings. The van der Waals surface area contributed by atoms with Gasteiger partial charge in [0.1, 0.15) is 5.82 Å². The molecule has 1 aromatic carbocycles. The molecule has 0 aliphatic carbocycles. The van der Waals surface area contributed by atoms with Gasteiger partial charge in [-0.15, -0.1) is 0 Å². The minimum absolute atomic E-state index is 0.171. The Labute approximate surface area is 89.9 Å². The number of hydrogen-bond donors (Lipinski definition) is 2. The molecular weight excluding hydrogens is 191 g/mol. The summed E-state index contributed by atoms with van der Waals surface area (Å²) in [5.41, 5.74) is 1.16. The highest BCUT2D eigenvalue weighted by molar-refractivity contribution is 5.22. The molecule has 0 radical (unpaired) electrons. The minimum Gasteiger partial charge on any atom is -0.311 e. The summed E-state index contributed by atoms with van der Waals surface area (Å²) in [6.45, 7) is 4.15. The molecule has 3 heteroatoms. The van der Waals surface area contributed by atoms with Crippen LogP contribution in [-0.2, 0) is 0 Å². The first-order valence-electron chi connectivity index (χ1n) is 5.53. The zero-order valence-electron chi connectivity index (χ0n) is 8.96. The van der Waals surface area contributed by atoms with E-state index < -0.39 is 0 Å². The smallest absolute Gasteiger partial charge is 0.123 e. The number of piperazine rings is 1. The van der Waals surface area contributed by atoms with E-state index in [0.29, 0.717) is 12.1 Å². The van der Waals surface area contributed by atoms with Crippen molar-refractivity contribution in [3.8, 4) is 0 Å². The van der Waals surface area contributed by atoms with Gasteiger partial charge in [0.05, 0.1) is 0 Å². The number of hydrogen-bond acceptors (Lipinski definition) is 2. The third-order valence-corrected chi connectivity index (χ3v) is 2.97. The maximum absolute atomic E-state index is 12.8. The summed E-state index contributed by atoms with van der Waals surface area (Å²) in [5.74, 6) is -0.171. The fourth-order valence-corrected chi connectivity index (χ4v) is 2.15. The molecule has 0 saturated carbocycles. The van der Waals surface area contributed by atoms with Crippen LogP contribution in [-0.4, -0.2) is 19.1 Å². The second-order valence-electron chi connectivity index (χ2n) is 3.95. The molecule has 0 amide bonds. The van der Waals surface area contributed by atoms with Gasteiger partial charge in [-0.3, -0.25) is 0 Å². The topological polar surface area (TPSA) is 24.1 Å². The molecular formula is C12H17FN2. The second kappa shape index (κ2) is 4.73. The van der Waals surface area contributed by atoms with Gasteiger partial charge in [-0.25, -0.2) is 4.39 Å². The number of rotatable bonds is 2. The number of nitrogens with one attached hydrogen (secondary N) is 2.